The maximum atomic E-state index is 5.95. The minimum Gasteiger partial charge on any atom is -0.354 e. The van der Waals surface area contributed by atoms with Crippen LogP contribution in [0.2, 0.25) is 0 Å². The van der Waals surface area contributed by atoms with Crippen LogP contribution >= 0.6 is 0 Å². The first-order chi connectivity index (χ1) is 9.72. The van der Waals surface area contributed by atoms with Crippen LogP contribution in [0.4, 0.5) is 5.82 Å². The molecule has 1 aromatic rings. The Balaban J connectivity index is 1.61. The summed E-state index contributed by atoms with van der Waals surface area (Å²) in [7, 11) is 0. The SMILES string of the molecule is CC(N)Cc1cccnc1N1CCN(CC2CC2)CC1. The van der Waals surface area contributed by atoms with Gasteiger partial charge in [0.2, 0.25) is 0 Å². The molecule has 1 saturated heterocycles. The summed E-state index contributed by atoms with van der Waals surface area (Å²) in [6.45, 7) is 7.90. The number of anilines is 1. The fourth-order valence-corrected chi connectivity index (χ4v) is 3.03. The van der Waals surface area contributed by atoms with Crippen LogP contribution in [0, 0.1) is 5.92 Å². The predicted octanol–water partition coefficient (Wildman–Crippen LogP) is 1.50. The molecule has 1 aromatic heterocycles. The third-order valence-corrected chi connectivity index (χ3v) is 4.29. The Morgan fingerprint density at radius 3 is 2.70 bits per heavy atom. The van der Waals surface area contributed by atoms with Crippen molar-refractivity contribution in [2.45, 2.75) is 32.2 Å². The van der Waals surface area contributed by atoms with Crippen LogP contribution in [0.3, 0.4) is 0 Å². The lowest BCUT2D eigenvalue weighted by molar-refractivity contribution is 0.247. The van der Waals surface area contributed by atoms with Gasteiger partial charge in [-0.05, 0) is 43.7 Å². The van der Waals surface area contributed by atoms with Crippen LogP contribution in [0.1, 0.15) is 25.3 Å². The number of piperazine rings is 1. The molecule has 20 heavy (non-hydrogen) atoms. The van der Waals surface area contributed by atoms with Crippen LogP contribution in [0.25, 0.3) is 0 Å². The molecule has 1 saturated carbocycles. The Kier molecular flexibility index (Phi) is 4.22. The van der Waals surface area contributed by atoms with Crippen LogP contribution in [-0.4, -0.2) is 48.6 Å². The van der Waals surface area contributed by atoms with Gasteiger partial charge in [-0.2, -0.15) is 0 Å². The summed E-state index contributed by atoms with van der Waals surface area (Å²) in [4.78, 5) is 9.65. The lowest BCUT2D eigenvalue weighted by atomic mass is 10.1. The van der Waals surface area contributed by atoms with Gasteiger partial charge in [-0.25, -0.2) is 4.98 Å². The quantitative estimate of drug-likeness (QED) is 0.884. The van der Waals surface area contributed by atoms with Gasteiger partial charge >= 0.3 is 0 Å². The lowest BCUT2D eigenvalue weighted by Crippen LogP contribution is -2.47. The fraction of sp³-hybridized carbons (Fsp3) is 0.688. The zero-order valence-corrected chi connectivity index (χ0v) is 12.5. The Morgan fingerprint density at radius 1 is 1.30 bits per heavy atom. The van der Waals surface area contributed by atoms with E-state index in [9.17, 15) is 0 Å². The molecule has 4 heteroatoms. The number of rotatable bonds is 5. The van der Waals surface area contributed by atoms with Crippen molar-refractivity contribution in [3.8, 4) is 0 Å². The highest BCUT2D eigenvalue weighted by molar-refractivity contribution is 5.47. The monoisotopic (exact) mass is 274 g/mol. The first-order valence-electron chi connectivity index (χ1n) is 7.89. The van der Waals surface area contributed by atoms with Gasteiger partial charge in [0.15, 0.2) is 0 Å². The highest BCUT2D eigenvalue weighted by atomic mass is 15.3. The zero-order chi connectivity index (χ0) is 13.9. The topological polar surface area (TPSA) is 45.4 Å². The molecule has 3 rings (SSSR count). The van der Waals surface area contributed by atoms with Crippen molar-refractivity contribution in [1.29, 1.82) is 0 Å². The first kappa shape index (κ1) is 13.8. The number of hydrogen-bond acceptors (Lipinski definition) is 4. The third-order valence-electron chi connectivity index (χ3n) is 4.29. The molecule has 110 valence electrons. The molecular weight excluding hydrogens is 248 g/mol. The molecule has 1 aliphatic heterocycles. The van der Waals surface area contributed by atoms with Crippen molar-refractivity contribution in [3.05, 3.63) is 23.9 Å². The largest absolute Gasteiger partial charge is 0.354 e. The van der Waals surface area contributed by atoms with E-state index in [0.29, 0.717) is 0 Å². The maximum Gasteiger partial charge on any atom is 0.131 e. The second kappa shape index (κ2) is 6.10. The summed E-state index contributed by atoms with van der Waals surface area (Å²) in [6.07, 6.45) is 5.69. The molecule has 2 fully saturated rings. The van der Waals surface area contributed by atoms with Gasteiger partial charge in [-0.3, -0.25) is 4.90 Å². The van der Waals surface area contributed by atoms with Crippen LogP contribution in [0.15, 0.2) is 18.3 Å². The molecule has 0 radical (unpaired) electrons. The van der Waals surface area contributed by atoms with Gasteiger partial charge < -0.3 is 10.6 Å². The highest BCUT2D eigenvalue weighted by Gasteiger charge is 2.27. The Morgan fingerprint density at radius 2 is 2.05 bits per heavy atom. The van der Waals surface area contributed by atoms with E-state index in [0.717, 1.165) is 31.2 Å². The van der Waals surface area contributed by atoms with E-state index >= 15 is 0 Å². The van der Waals surface area contributed by atoms with E-state index in [1.54, 1.807) is 0 Å². The van der Waals surface area contributed by atoms with Crippen molar-refractivity contribution in [3.63, 3.8) is 0 Å². The van der Waals surface area contributed by atoms with E-state index in [-0.39, 0.29) is 6.04 Å². The fourth-order valence-electron chi connectivity index (χ4n) is 3.03. The zero-order valence-electron chi connectivity index (χ0n) is 12.5. The number of nitrogens with zero attached hydrogens (tertiary/aromatic N) is 3. The van der Waals surface area contributed by atoms with Crippen LogP contribution < -0.4 is 10.6 Å². The van der Waals surface area contributed by atoms with E-state index in [2.05, 4.69) is 27.8 Å². The molecular formula is C16H26N4. The Bertz CT molecular complexity index is 434. The summed E-state index contributed by atoms with van der Waals surface area (Å²) >= 11 is 0. The second-order valence-corrected chi connectivity index (χ2v) is 6.40. The summed E-state index contributed by atoms with van der Waals surface area (Å²) in [5, 5.41) is 0. The average molecular weight is 274 g/mol. The third kappa shape index (κ3) is 3.49. The number of hydrogen-bond donors (Lipinski definition) is 1. The van der Waals surface area contributed by atoms with E-state index in [1.807, 2.05) is 12.3 Å². The summed E-state index contributed by atoms with van der Waals surface area (Å²) < 4.78 is 0. The second-order valence-electron chi connectivity index (χ2n) is 6.40. The van der Waals surface area contributed by atoms with Crippen molar-refractivity contribution in [2.24, 2.45) is 11.7 Å². The molecule has 0 amide bonds. The number of aromatic nitrogens is 1. The summed E-state index contributed by atoms with van der Waals surface area (Å²) in [5.74, 6) is 2.14. The minimum absolute atomic E-state index is 0.189. The average Bonchev–Trinajstić information content (AvgIpc) is 3.24. The van der Waals surface area contributed by atoms with Crippen molar-refractivity contribution in [2.75, 3.05) is 37.6 Å². The summed E-state index contributed by atoms with van der Waals surface area (Å²) in [6, 6.07) is 4.38. The van der Waals surface area contributed by atoms with Gasteiger partial charge in [0.25, 0.3) is 0 Å². The molecule has 1 atom stereocenters. The molecule has 2 N–H and O–H groups in total. The smallest absolute Gasteiger partial charge is 0.131 e. The molecule has 0 aromatic carbocycles. The van der Waals surface area contributed by atoms with Gasteiger partial charge in [0, 0.05) is 45.0 Å². The molecule has 0 spiro atoms. The number of pyridine rings is 1. The van der Waals surface area contributed by atoms with E-state index in [1.165, 1.54) is 38.0 Å². The molecule has 1 unspecified atom stereocenters. The highest BCUT2D eigenvalue weighted by Crippen LogP contribution is 2.30. The standard InChI is InChI=1S/C16H26N4/c1-13(17)11-15-3-2-6-18-16(15)20-9-7-19(8-10-20)12-14-4-5-14/h2-3,6,13-14H,4-5,7-12,17H2,1H3. The van der Waals surface area contributed by atoms with E-state index < -0.39 is 0 Å². The van der Waals surface area contributed by atoms with Crippen molar-refractivity contribution in [1.82, 2.24) is 9.88 Å². The Hall–Kier alpha value is -1.13. The number of nitrogens with two attached hydrogens (primary N) is 1. The van der Waals surface area contributed by atoms with Gasteiger partial charge in [-0.15, -0.1) is 0 Å². The van der Waals surface area contributed by atoms with Crippen molar-refractivity contribution >= 4 is 5.82 Å². The summed E-state index contributed by atoms with van der Waals surface area (Å²) in [5.41, 5.74) is 7.24. The van der Waals surface area contributed by atoms with Crippen LogP contribution in [0.5, 0.6) is 0 Å². The normalized spacial score (nSPS) is 22.0. The minimum atomic E-state index is 0.189. The predicted molar refractivity (Wildman–Crippen MR) is 83.0 cm³/mol. The van der Waals surface area contributed by atoms with Gasteiger partial charge in [0.1, 0.15) is 5.82 Å². The maximum absolute atomic E-state index is 5.95. The molecule has 4 nitrogen and oxygen atoms in total. The molecule has 2 heterocycles. The van der Waals surface area contributed by atoms with E-state index in [4.69, 9.17) is 5.73 Å². The first-order valence-corrected chi connectivity index (χ1v) is 7.89. The molecule has 0 bridgehead atoms. The van der Waals surface area contributed by atoms with Gasteiger partial charge in [0.05, 0.1) is 0 Å². The lowest BCUT2D eigenvalue weighted by Gasteiger charge is -2.36. The van der Waals surface area contributed by atoms with Gasteiger partial charge in [-0.1, -0.05) is 6.07 Å². The van der Waals surface area contributed by atoms with Crippen LogP contribution in [-0.2, 0) is 6.42 Å². The molecule has 2 aliphatic rings. The Labute approximate surface area is 122 Å². The molecule has 1 aliphatic carbocycles. The van der Waals surface area contributed by atoms with Crippen molar-refractivity contribution < 1.29 is 0 Å².